The van der Waals surface area contributed by atoms with E-state index in [2.05, 4.69) is 32.2 Å². The maximum atomic E-state index is 11.9. The summed E-state index contributed by atoms with van der Waals surface area (Å²) in [5.74, 6) is 0.187. The van der Waals surface area contributed by atoms with Gasteiger partial charge in [-0.25, -0.2) is 0 Å². The van der Waals surface area contributed by atoms with E-state index in [0.717, 1.165) is 25.9 Å². The predicted octanol–water partition coefficient (Wildman–Crippen LogP) is 1.57. The normalized spacial score (nSPS) is 17.4. The van der Waals surface area contributed by atoms with E-state index in [4.69, 9.17) is 4.74 Å². The van der Waals surface area contributed by atoms with Gasteiger partial charge in [-0.15, -0.1) is 0 Å². The van der Waals surface area contributed by atoms with Gasteiger partial charge in [0.1, 0.15) is 0 Å². The minimum absolute atomic E-state index is 0.187. The van der Waals surface area contributed by atoms with E-state index in [9.17, 15) is 4.79 Å². The topological polar surface area (TPSA) is 41.6 Å². The average molecular weight is 254 g/mol. The minimum Gasteiger partial charge on any atom is -0.378 e. The van der Waals surface area contributed by atoms with Crippen LogP contribution in [-0.2, 0) is 9.53 Å². The first-order chi connectivity index (χ1) is 8.59. The Morgan fingerprint density at radius 1 is 1.39 bits per heavy atom. The van der Waals surface area contributed by atoms with Crippen molar-refractivity contribution >= 4 is 5.91 Å². The zero-order valence-corrected chi connectivity index (χ0v) is 11.9. The van der Waals surface area contributed by atoms with Crippen LogP contribution in [0.2, 0.25) is 0 Å². The zero-order valence-electron chi connectivity index (χ0n) is 11.9. The van der Waals surface area contributed by atoms with Crippen molar-refractivity contribution < 1.29 is 9.53 Å². The summed E-state index contributed by atoms with van der Waals surface area (Å²) in [6.07, 6.45) is 4.38. The van der Waals surface area contributed by atoms with E-state index in [-0.39, 0.29) is 5.91 Å². The number of hydrogen-bond acceptors (Lipinski definition) is 3. The molecule has 1 unspecified atom stereocenters. The Kier molecular flexibility index (Phi) is 6.98. The molecule has 1 rings (SSSR count). The summed E-state index contributed by atoms with van der Waals surface area (Å²) in [6.45, 7) is 9.59. The highest BCUT2D eigenvalue weighted by Crippen LogP contribution is 2.02. The van der Waals surface area contributed by atoms with Crippen LogP contribution in [0.25, 0.3) is 0 Å². The summed E-state index contributed by atoms with van der Waals surface area (Å²) in [5.41, 5.74) is 1.35. The first-order valence-electron chi connectivity index (χ1n) is 6.82. The molecular formula is C14H26N2O2. The van der Waals surface area contributed by atoms with Crippen molar-refractivity contribution in [3.05, 3.63) is 11.6 Å². The van der Waals surface area contributed by atoms with Gasteiger partial charge in [0, 0.05) is 19.1 Å². The van der Waals surface area contributed by atoms with Crippen LogP contribution in [0.4, 0.5) is 0 Å². The van der Waals surface area contributed by atoms with Gasteiger partial charge in [-0.1, -0.05) is 11.6 Å². The second kappa shape index (κ2) is 8.27. The molecule has 4 heteroatoms. The number of carbonyl (C=O) groups is 1. The molecule has 0 aromatic rings. The maximum absolute atomic E-state index is 11.9. The molecular weight excluding hydrogens is 228 g/mol. The third-order valence-corrected chi connectivity index (χ3v) is 3.12. The summed E-state index contributed by atoms with van der Waals surface area (Å²) in [4.78, 5) is 13.8. The van der Waals surface area contributed by atoms with E-state index < -0.39 is 0 Å². The van der Waals surface area contributed by atoms with Gasteiger partial charge in [0.2, 0.25) is 5.91 Å². The second-order valence-corrected chi connectivity index (χ2v) is 5.13. The molecule has 1 heterocycles. The van der Waals surface area contributed by atoms with Gasteiger partial charge in [0.15, 0.2) is 0 Å². The number of nitrogens with one attached hydrogen (secondary N) is 1. The number of hydrogen-bond donors (Lipinski definition) is 1. The molecule has 104 valence electrons. The van der Waals surface area contributed by atoms with E-state index in [1.54, 1.807) is 0 Å². The standard InChI is InChI=1S/C14H26N2O2/c1-12(2)5-4-6-13(3)15-11-14(17)16-7-9-18-10-8-16/h5,13,15H,4,6-11H2,1-3H3. The molecule has 0 saturated carbocycles. The van der Waals surface area contributed by atoms with Gasteiger partial charge >= 0.3 is 0 Å². The van der Waals surface area contributed by atoms with Crippen molar-refractivity contribution in [3.8, 4) is 0 Å². The molecule has 0 aromatic carbocycles. The zero-order chi connectivity index (χ0) is 13.4. The lowest BCUT2D eigenvalue weighted by Gasteiger charge is -2.27. The molecule has 0 aliphatic carbocycles. The van der Waals surface area contributed by atoms with Crippen molar-refractivity contribution in [2.45, 2.75) is 39.7 Å². The maximum Gasteiger partial charge on any atom is 0.236 e. The summed E-state index contributed by atoms with van der Waals surface area (Å²) >= 11 is 0. The molecule has 1 amide bonds. The fourth-order valence-electron chi connectivity index (χ4n) is 1.91. The first-order valence-corrected chi connectivity index (χ1v) is 6.82. The molecule has 0 spiro atoms. The Labute approximate surface area is 110 Å². The molecule has 18 heavy (non-hydrogen) atoms. The lowest BCUT2D eigenvalue weighted by atomic mass is 10.1. The van der Waals surface area contributed by atoms with Gasteiger partial charge in [0.05, 0.1) is 19.8 Å². The van der Waals surface area contributed by atoms with Crippen molar-refractivity contribution in [2.75, 3.05) is 32.8 Å². The monoisotopic (exact) mass is 254 g/mol. The molecule has 1 N–H and O–H groups in total. The predicted molar refractivity (Wildman–Crippen MR) is 73.5 cm³/mol. The van der Waals surface area contributed by atoms with E-state index in [1.165, 1.54) is 5.57 Å². The van der Waals surface area contributed by atoms with Crippen molar-refractivity contribution in [3.63, 3.8) is 0 Å². The molecule has 0 radical (unpaired) electrons. The Morgan fingerprint density at radius 2 is 2.06 bits per heavy atom. The van der Waals surface area contributed by atoms with Crippen LogP contribution < -0.4 is 5.32 Å². The van der Waals surface area contributed by atoms with E-state index in [1.807, 2.05) is 4.90 Å². The largest absolute Gasteiger partial charge is 0.378 e. The van der Waals surface area contributed by atoms with Gasteiger partial charge in [-0.3, -0.25) is 4.79 Å². The number of allylic oxidation sites excluding steroid dienone is 2. The van der Waals surface area contributed by atoms with Gasteiger partial charge in [0.25, 0.3) is 0 Å². The van der Waals surface area contributed by atoms with E-state index >= 15 is 0 Å². The number of nitrogens with zero attached hydrogens (tertiary/aromatic N) is 1. The number of amides is 1. The Hall–Kier alpha value is -0.870. The summed E-state index contributed by atoms with van der Waals surface area (Å²) < 4.78 is 5.23. The van der Waals surface area contributed by atoms with Gasteiger partial charge in [-0.2, -0.15) is 0 Å². The van der Waals surface area contributed by atoms with Crippen LogP contribution in [0.1, 0.15) is 33.6 Å². The minimum atomic E-state index is 0.187. The summed E-state index contributed by atoms with van der Waals surface area (Å²) in [6, 6.07) is 0.380. The van der Waals surface area contributed by atoms with Crippen molar-refractivity contribution in [2.24, 2.45) is 0 Å². The number of carbonyl (C=O) groups excluding carboxylic acids is 1. The lowest BCUT2D eigenvalue weighted by Crippen LogP contribution is -2.46. The Balaban J connectivity index is 2.14. The van der Waals surface area contributed by atoms with E-state index in [0.29, 0.717) is 25.8 Å². The highest BCUT2D eigenvalue weighted by atomic mass is 16.5. The van der Waals surface area contributed by atoms with Crippen LogP contribution in [0.15, 0.2) is 11.6 Å². The van der Waals surface area contributed by atoms with Gasteiger partial charge < -0.3 is 15.0 Å². The van der Waals surface area contributed by atoms with Crippen LogP contribution in [0.5, 0.6) is 0 Å². The quantitative estimate of drug-likeness (QED) is 0.732. The van der Waals surface area contributed by atoms with Crippen LogP contribution >= 0.6 is 0 Å². The Bertz CT molecular complexity index is 280. The smallest absolute Gasteiger partial charge is 0.236 e. The van der Waals surface area contributed by atoms with Gasteiger partial charge in [-0.05, 0) is 33.6 Å². The lowest BCUT2D eigenvalue weighted by molar-refractivity contribution is -0.134. The molecule has 1 aliphatic rings. The molecule has 1 atom stereocenters. The van der Waals surface area contributed by atoms with Crippen molar-refractivity contribution in [1.29, 1.82) is 0 Å². The molecule has 4 nitrogen and oxygen atoms in total. The number of rotatable bonds is 6. The fraction of sp³-hybridized carbons (Fsp3) is 0.786. The molecule has 1 aliphatic heterocycles. The van der Waals surface area contributed by atoms with Crippen LogP contribution in [-0.4, -0.2) is 49.7 Å². The SMILES string of the molecule is CC(C)=CCCC(C)NCC(=O)N1CCOCC1. The summed E-state index contributed by atoms with van der Waals surface area (Å²) in [5, 5.41) is 3.29. The first kappa shape index (κ1) is 15.2. The molecule has 1 saturated heterocycles. The fourth-order valence-corrected chi connectivity index (χ4v) is 1.91. The third kappa shape index (κ3) is 6.17. The third-order valence-electron chi connectivity index (χ3n) is 3.12. The van der Waals surface area contributed by atoms with Crippen LogP contribution in [0.3, 0.4) is 0 Å². The van der Waals surface area contributed by atoms with Crippen LogP contribution in [0, 0.1) is 0 Å². The number of ether oxygens (including phenoxy) is 1. The van der Waals surface area contributed by atoms with Crippen molar-refractivity contribution in [1.82, 2.24) is 10.2 Å². The molecule has 1 fully saturated rings. The number of morpholine rings is 1. The highest BCUT2D eigenvalue weighted by Gasteiger charge is 2.16. The molecule has 0 aromatic heterocycles. The summed E-state index contributed by atoms with van der Waals surface area (Å²) in [7, 11) is 0. The molecule has 0 bridgehead atoms. The Morgan fingerprint density at radius 3 is 2.67 bits per heavy atom. The average Bonchev–Trinajstić information content (AvgIpc) is 2.36. The second-order valence-electron chi connectivity index (χ2n) is 5.13. The highest BCUT2D eigenvalue weighted by molar-refractivity contribution is 5.78.